The summed E-state index contributed by atoms with van der Waals surface area (Å²) in [5, 5.41) is 0. The third-order valence-electron chi connectivity index (χ3n) is 3.68. The van der Waals surface area contributed by atoms with Gasteiger partial charge in [0.1, 0.15) is 11.9 Å². The summed E-state index contributed by atoms with van der Waals surface area (Å²) in [6.07, 6.45) is 3.49. The Hall–Kier alpha value is -1.76. The van der Waals surface area contributed by atoms with Gasteiger partial charge in [-0.05, 0) is 42.0 Å². The normalized spacial score (nSPS) is 17.9. The standard InChI is InChI=1S/C17H18O/c1-2-13-7-9-15(10-8-13)17-12-11-14-5-3-4-6-16(14)18-17/h3-10,17H,2,11-12H2,1H3. The molecule has 3 rings (SSSR count). The summed E-state index contributed by atoms with van der Waals surface area (Å²) in [5.74, 6) is 1.05. The van der Waals surface area contributed by atoms with E-state index in [-0.39, 0.29) is 6.10 Å². The number of benzene rings is 2. The molecular formula is C17H18O. The van der Waals surface area contributed by atoms with Crippen LogP contribution in [0.3, 0.4) is 0 Å². The van der Waals surface area contributed by atoms with Crippen molar-refractivity contribution >= 4 is 0 Å². The van der Waals surface area contributed by atoms with Crippen LogP contribution in [0.1, 0.15) is 36.1 Å². The highest BCUT2D eigenvalue weighted by molar-refractivity contribution is 5.36. The topological polar surface area (TPSA) is 9.23 Å². The van der Waals surface area contributed by atoms with Gasteiger partial charge in [0.05, 0.1) is 0 Å². The molecule has 0 aromatic heterocycles. The molecule has 0 radical (unpaired) electrons. The van der Waals surface area contributed by atoms with Gasteiger partial charge in [-0.3, -0.25) is 0 Å². The maximum Gasteiger partial charge on any atom is 0.124 e. The first-order chi connectivity index (χ1) is 8.86. The lowest BCUT2D eigenvalue weighted by molar-refractivity contribution is 0.176. The van der Waals surface area contributed by atoms with Gasteiger partial charge in [0.15, 0.2) is 0 Å². The molecule has 0 saturated heterocycles. The molecule has 1 aliphatic heterocycles. The molecule has 2 aromatic rings. The van der Waals surface area contributed by atoms with Gasteiger partial charge in [-0.1, -0.05) is 49.4 Å². The van der Waals surface area contributed by atoms with Gasteiger partial charge in [0, 0.05) is 0 Å². The molecule has 1 aliphatic rings. The minimum Gasteiger partial charge on any atom is -0.485 e. The van der Waals surface area contributed by atoms with Crippen LogP contribution < -0.4 is 4.74 Å². The minimum absolute atomic E-state index is 0.214. The first-order valence-corrected chi connectivity index (χ1v) is 6.70. The van der Waals surface area contributed by atoms with Crippen LogP contribution in [0.2, 0.25) is 0 Å². The Morgan fingerprint density at radius 1 is 1.06 bits per heavy atom. The first-order valence-electron chi connectivity index (χ1n) is 6.70. The Morgan fingerprint density at radius 2 is 1.83 bits per heavy atom. The summed E-state index contributed by atoms with van der Waals surface area (Å²) in [7, 11) is 0. The van der Waals surface area contributed by atoms with Crippen molar-refractivity contribution in [1.29, 1.82) is 0 Å². The molecule has 0 N–H and O–H groups in total. The number of hydrogen-bond donors (Lipinski definition) is 0. The molecular weight excluding hydrogens is 220 g/mol. The lowest BCUT2D eigenvalue weighted by Gasteiger charge is -2.26. The van der Waals surface area contributed by atoms with E-state index < -0.39 is 0 Å². The highest BCUT2D eigenvalue weighted by atomic mass is 16.5. The van der Waals surface area contributed by atoms with E-state index in [1.54, 1.807) is 0 Å². The molecule has 1 heteroatoms. The fourth-order valence-electron chi connectivity index (χ4n) is 2.53. The molecule has 0 spiro atoms. The van der Waals surface area contributed by atoms with Crippen molar-refractivity contribution in [1.82, 2.24) is 0 Å². The van der Waals surface area contributed by atoms with Crippen molar-refractivity contribution in [2.75, 3.05) is 0 Å². The first kappa shape index (κ1) is 11.3. The third-order valence-corrected chi connectivity index (χ3v) is 3.68. The molecule has 0 saturated carbocycles. The summed E-state index contributed by atoms with van der Waals surface area (Å²) in [6, 6.07) is 17.2. The molecule has 0 aliphatic carbocycles. The van der Waals surface area contributed by atoms with Crippen molar-refractivity contribution in [3.63, 3.8) is 0 Å². The van der Waals surface area contributed by atoms with Crippen LogP contribution in [0.15, 0.2) is 48.5 Å². The van der Waals surface area contributed by atoms with Crippen LogP contribution in [0.25, 0.3) is 0 Å². The molecule has 1 atom stereocenters. The molecule has 0 fully saturated rings. The molecule has 18 heavy (non-hydrogen) atoms. The van der Waals surface area contributed by atoms with Gasteiger partial charge in [0.25, 0.3) is 0 Å². The van der Waals surface area contributed by atoms with E-state index in [9.17, 15) is 0 Å². The van der Waals surface area contributed by atoms with Gasteiger partial charge in [-0.2, -0.15) is 0 Å². The van der Waals surface area contributed by atoms with Gasteiger partial charge in [-0.15, -0.1) is 0 Å². The van der Waals surface area contributed by atoms with Crippen molar-refractivity contribution in [2.45, 2.75) is 32.3 Å². The Kier molecular flexibility index (Phi) is 3.06. The van der Waals surface area contributed by atoms with E-state index in [1.165, 1.54) is 16.7 Å². The number of hydrogen-bond acceptors (Lipinski definition) is 1. The summed E-state index contributed by atoms with van der Waals surface area (Å²) in [4.78, 5) is 0. The van der Waals surface area contributed by atoms with Crippen molar-refractivity contribution in [2.24, 2.45) is 0 Å². The van der Waals surface area contributed by atoms with E-state index in [0.717, 1.165) is 25.0 Å². The van der Waals surface area contributed by atoms with Gasteiger partial charge in [0.2, 0.25) is 0 Å². The van der Waals surface area contributed by atoms with E-state index in [0.29, 0.717) is 0 Å². The Labute approximate surface area is 108 Å². The minimum atomic E-state index is 0.214. The second-order valence-corrected chi connectivity index (χ2v) is 4.85. The van der Waals surface area contributed by atoms with Gasteiger partial charge >= 0.3 is 0 Å². The number of rotatable bonds is 2. The van der Waals surface area contributed by atoms with Crippen molar-refractivity contribution in [3.8, 4) is 5.75 Å². The smallest absolute Gasteiger partial charge is 0.124 e. The SMILES string of the molecule is CCc1ccc(C2CCc3ccccc3O2)cc1. The van der Waals surface area contributed by atoms with Gasteiger partial charge < -0.3 is 4.74 Å². The van der Waals surface area contributed by atoms with Crippen LogP contribution in [0.4, 0.5) is 0 Å². The summed E-state index contributed by atoms with van der Waals surface area (Å²) >= 11 is 0. The highest BCUT2D eigenvalue weighted by Gasteiger charge is 2.20. The number of ether oxygens (including phenoxy) is 1. The summed E-state index contributed by atoms with van der Waals surface area (Å²) in [6.45, 7) is 2.18. The maximum atomic E-state index is 6.09. The second kappa shape index (κ2) is 4.85. The fourth-order valence-corrected chi connectivity index (χ4v) is 2.53. The van der Waals surface area contributed by atoms with Gasteiger partial charge in [-0.25, -0.2) is 0 Å². The molecule has 0 amide bonds. The van der Waals surface area contributed by atoms with Crippen LogP contribution in [0.5, 0.6) is 5.75 Å². The van der Waals surface area contributed by atoms with E-state index >= 15 is 0 Å². The molecule has 1 nitrogen and oxygen atoms in total. The lowest BCUT2D eigenvalue weighted by atomic mass is 9.96. The zero-order chi connectivity index (χ0) is 12.4. The molecule has 2 aromatic carbocycles. The third kappa shape index (κ3) is 2.13. The van der Waals surface area contributed by atoms with Crippen LogP contribution >= 0.6 is 0 Å². The lowest BCUT2D eigenvalue weighted by Crippen LogP contribution is -2.14. The predicted octanol–water partition coefficient (Wildman–Crippen LogP) is 4.32. The van der Waals surface area contributed by atoms with Crippen molar-refractivity contribution < 1.29 is 4.74 Å². The quantitative estimate of drug-likeness (QED) is 0.757. The Bertz CT molecular complexity index is 528. The Morgan fingerprint density at radius 3 is 2.61 bits per heavy atom. The number of fused-ring (bicyclic) bond motifs is 1. The molecule has 1 heterocycles. The van der Waals surface area contributed by atoms with Crippen LogP contribution in [0, 0.1) is 0 Å². The Balaban J connectivity index is 1.82. The molecule has 0 bridgehead atoms. The highest BCUT2D eigenvalue weighted by Crippen LogP contribution is 2.34. The fraction of sp³-hybridized carbons (Fsp3) is 0.294. The molecule has 92 valence electrons. The second-order valence-electron chi connectivity index (χ2n) is 4.85. The van der Waals surface area contributed by atoms with E-state index in [1.807, 2.05) is 6.07 Å². The zero-order valence-electron chi connectivity index (χ0n) is 10.7. The predicted molar refractivity (Wildman–Crippen MR) is 74.0 cm³/mol. The molecule has 1 unspecified atom stereocenters. The average molecular weight is 238 g/mol. The number of para-hydroxylation sites is 1. The van der Waals surface area contributed by atoms with Crippen LogP contribution in [-0.2, 0) is 12.8 Å². The summed E-state index contributed by atoms with van der Waals surface area (Å²) < 4.78 is 6.09. The summed E-state index contributed by atoms with van der Waals surface area (Å²) in [5.41, 5.74) is 4.01. The average Bonchev–Trinajstić information content (AvgIpc) is 2.47. The monoisotopic (exact) mass is 238 g/mol. The van der Waals surface area contributed by atoms with Crippen molar-refractivity contribution in [3.05, 3.63) is 65.2 Å². The maximum absolute atomic E-state index is 6.09. The number of aryl methyl sites for hydroxylation is 2. The zero-order valence-corrected chi connectivity index (χ0v) is 10.7. The van der Waals surface area contributed by atoms with E-state index in [2.05, 4.69) is 49.4 Å². The van der Waals surface area contributed by atoms with E-state index in [4.69, 9.17) is 4.74 Å². The van der Waals surface area contributed by atoms with Crippen LogP contribution in [-0.4, -0.2) is 0 Å². The largest absolute Gasteiger partial charge is 0.485 e.